The fourth-order valence-electron chi connectivity index (χ4n) is 3.06. The monoisotopic (exact) mass is 452 g/mol. The number of benzene rings is 2. The van der Waals surface area contributed by atoms with Crippen LogP contribution in [-0.2, 0) is 16.1 Å². The summed E-state index contributed by atoms with van der Waals surface area (Å²) in [5.41, 5.74) is 1.88. The van der Waals surface area contributed by atoms with Gasteiger partial charge in [0.15, 0.2) is 5.13 Å². The quantitative estimate of drug-likeness (QED) is 0.494. The van der Waals surface area contributed by atoms with E-state index in [0.29, 0.717) is 23.9 Å². The molecule has 0 fully saturated rings. The molecule has 1 aromatic heterocycles. The molecule has 2 aromatic carbocycles. The molecule has 0 aliphatic carbocycles. The summed E-state index contributed by atoms with van der Waals surface area (Å²) in [6, 6.07) is 16.2. The van der Waals surface area contributed by atoms with Crippen LogP contribution in [0.4, 0.5) is 15.2 Å². The lowest BCUT2D eigenvalue weighted by molar-refractivity contribution is -0.117. The van der Waals surface area contributed by atoms with E-state index >= 15 is 0 Å². The third kappa shape index (κ3) is 6.57. The van der Waals surface area contributed by atoms with Crippen LogP contribution in [0.3, 0.4) is 0 Å². The van der Waals surface area contributed by atoms with Crippen molar-refractivity contribution in [2.45, 2.75) is 13.5 Å². The Kier molecular flexibility index (Phi) is 8.24. The summed E-state index contributed by atoms with van der Waals surface area (Å²) in [5, 5.41) is 4.89. The van der Waals surface area contributed by atoms with Crippen molar-refractivity contribution in [2.75, 3.05) is 25.0 Å². The van der Waals surface area contributed by atoms with Crippen LogP contribution in [-0.4, -0.2) is 41.8 Å². The van der Waals surface area contributed by atoms with Gasteiger partial charge in [0.25, 0.3) is 0 Å². The van der Waals surface area contributed by atoms with Crippen molar-refractivity contribution in [1.29, 1.82) is 0 Å². The highest BCUT2D eigenvalue weighted by molar-refractivity contribution is 7.14. The molecule has 166 valence electrons. The number of amides is 2. The van der Waals surface area contributed by atoms with Crippen LogP contribution in [0.25, 0.3) is 6.08 Å². The average Bonchev–Trinajstić information content (AvgIpc) is 3.23. The standard InChI is InChI=1S/C24H25FN4O2S/c1-18(30)29(22-11-7-6-10-21(22)25)24-27-20(17-32-24)12-13-23(31)26-14-15-28(2)16-19-8-4-3-5-9-19/h3-13,17H,14-16H2,1-2H3,(H,26,31)/b13-12+. The fraction of sp³-hybridized carbons (Fsp3) is 0.208. The predicted octanol–water partition coefficient (Wildman–Crippen LogP) is 4.23. The minimum absolute atomic E-state index is 0.141. The molecule has 8 heteroatoms. The van der Waals surface area contributed by atoms with E-state index < -0.39 is 5.82 Å². The second-order valence-electron chi connectivity index (χ2n) is 7.21. The maximum atomic E-state index is 14.2. The van der Waals surface area contributed by atoms with Gasteiger partial charge in [-0.25, -0.2) is 9.37 Å². The second kappa shape index (κ2) is 11.3. The van der Waals surface area contributed by atoms with Crippen LogP contribution in [0, 0.1) is 5.82 Å². The Balaban J connectivity index is 1.53. The average molecular weight is 453 g/mol. The van der Waals surface area contributed by atoms with Gasteiger partial charge in [-0.3, -0.25) is 14.5 Å². The van der Waals surface area contributed by atoms with E-state index in [1.165, 1.54) is 46.9 Å². The van der Waals surface area contributed by atoms with Gasteiger partial charge >= 0.3 is 0 Å². The molecule has 0 bridgehead atoms. The lowest BCUT2D eigenvalue weighted by Gasteiger charge is -2.18. The summed E-state index contributed by atoms with van der Waals surface area (Å²) in [6.45, 7) is 3.39. The highest BCUT2D eigenvalue weighted by atomic mass is 32.1. The van der Waals surface area contributed by atoms with Crippen LogP contribution >= 0.6 is 11.3 Å². The van der Waals surface area contributed by atoms with E-state index in [0.717, 1.165) is 6.54 Å². The number of para-hydroxylation sites is 1. The zero-order valence-electron chi connectivity index (χ0n) is 18.0. The molecule has 6 nitrogen and oxygen atoms in total. The van der Waals surface area contributed by atoms with Crippen molar-refractivity contribution in [3.05, 3.63) is 83.1 Å². The van der Waals surface area contributed by atoms with Gasteiger partial charge in [0, 0.05) is 38.0 Å². The number of rotatable bonds is 9. The summed E-state index contributed by atoms with van der Waals surface area (Å²) in [6.07, 6.45) is 2.97. The molecular formula is C24H25FN4O2S. The zero-order chi connectivity index (χ0) is 22.9. The number of nitrogens with one attached hydrogen (secondary N) is 1. The number of hydrogen-bond donors (Lipinski definition) is 1. The molecule has 0 saturated carbocycles. The van der Waals surface area contributed by atoms with E-state index in [1.54, 1.807) is 23.6 Å². The normalized spacial score (nSPS) is 11.1. The Hall–Kier alpha value is -3.36. The first kappa shape index (κ1) is 23.3. The maximum absolute atomic E-state index is 14.2. The van der Waals surface area contributed by atoms with Crippen LogP contribution in [0.5, 0.6) is 0 Å². The van der Waals surface area contributed by atoms with Crippen LogP contribution in [0.1, 0.15) is 18.2 Å². The Bertz CT molecular complexity index is 1080. The van der Waals surface area contributed by atoms with Crippen molar-refractivity contribution in [1.82, 2.24) is 15.2 Å². The van der Waals surface area contributed by atoms with Crippen molar-refractivity contribution < 1.29 is 14.0 Å². The van der Waals surface area contributed by atoms with Crippen molar-refractivity contribution in [3.8, 4) is 0 Å². The minimum Gasteiger partial charge on any atom is -0.351 e. The summed E-state index contributed by atoms with van der Waals surface area (Å²) in [4.78, 5) is 31.9. The number of nitrogens with zero attached hydrogens (tertiary/aromatic N) is 3. The lowest BCUT2D eigenvalue weighted by Crippen LogP contribution is -2.31. The van der Waals surface area contributed by atoms with Crippen LogP contribution in [0.15, 0.2) is 66.1 Å². The largest absolute Gasteiger partial charge is 0.351 e. The molecule has 32 heavy (non-hydrogen) atoms. The smallest absolute Gasteiger partial charge is 0.244 e. The lowest BCUT2D eigenvalue weighted by atomic mass is 10.2. The molecule has 0 spiro atoms. The van der Waals surface area contributed by atoms with E-state index in [1.807, 2.05) is 25.2 Å². The second-order valence-corrected chi connectivity index (χ2v) is 8.05. The number of halogens is 1. The molecule has 0 atom stereocenters. The highest BCUT2D eigenvalue weighted by Crippen LogP contribution is 2.30. The molecule has 0 unspecified atom stereocenters. The molecule has 0 saturated heterocycles. The molecule has 3 rings (SSSR count). The van der Waals surface area contributed by atoms with Gasteiger partial charge in [0.05, 0.1) is 11.4 Å². The van der Waals surface area contributed by atoms with E-state index in [4.69, 9.17) is 0 Å². The number of anilines is 2. The molecule has 0 aliphatic rings. The Labute approximate surface area is 191 Å². The number of carbonyl (C=O) groups is 2. The number of aromatic nitrogens is 1. The van der Waals surface area contributed by atoms with Gasteiger partial charge in [-0.1, -0.05) is 42.5 Å². The summed E-state index contributed by atoms with van der Waals surface area (Å²) in [7, 11) is 2.00. The SMILES string of the molecule is CC(=O)N(c1nc(/C=C/C(=O)NCCN(C)Cc2ccccc2)cs1)c1ccccc1F. The van der Waals surface area contributed by atoms with Crippen molar-refractivity contribution >= 4 is 40.0 Å². The van der Waals surface area contributed by atoms with Gasteiger partial charge < -0.3 is 10.2 Å². The van der Waals surface area contributed by atoms with Gasteiger partial charge in [-0.05, 0) is 30.8 Å². The maximum Gasteiger partial charge on any atom is 0.244 e. The van der Waals surface area contributed by atoms with Crippen molar-refractivity contribution in [2.24, 2.45) is 0 Å². The molecule has 1 N–H and O–H groups in total. The third-order valence-electron chi connectivity index (χ3n) is 4.60. The van der Waals surface area contributed by atoms with Crippen LogP contribution in [0.2, 0.25) is 0 Å². The molecule has 3 aromatic rings. The first-order valence-electron chi connectivity index (χ1n) is 10.1. The number of thiazole rings is 1. The van der Waals surface area contributed by atoms with E-state index in [-0.39, 0.29) is 17.5 Å². The van der Waals surface area contributed by atoms with Gasteiger partial charge in [0.2, 0.25) is 11.8 Å². The van der Waals surface area contributed by atoms with Crippen molar-refractivity contribution in [3.63, 3.8) is 0 Å². The van der Waals surface area contributed by atoms with E-state index in [2.05, 4.69) is 27.3 Å². The predicted molar refractivity (Wildman–Crippen MR) is 126 cm³/mol. The minimum atomic E-state index is -0.508. The van der Waals surface area contributed by atoms with E-state index in [9.17, 15) is 14.0 Å². The van der Waals surface area contributed by atoms with Gasteiger partial charge in [-0.15, -0.1) is 11.3 Å². The molecule has 1 heterocycles. The molecule has 0 aliphatic heterocycles. The fourth-order valence-corrected chi connectivity index (χ4v) is 3.91. The van der Waals surface area contributed by atoms with Gasteiger partial charge in [0.1, 0.15) is 5.82 Å². The molecule has 2 amide bonds. The van der Waals surface area contributed by atoms with Gasteiger partial charge in [-0.2, -0.15) is 0 Å². The molecular weight excluding hydrogens is 427 g/mol. The first-order valence-corrected chi connectivity index (χ1v) is 11.0. The topological polar surface area (TPSA) is 65.5 Å². The Morgan fingerprint density at radius 1 is 1.12 bits per heavy atom. The Morgan fingerprint density at radius 3 is 2.56 bits per heavy atom. The Morgan fingerprint density at radius 2 is 1.84 bits per heavy atom. The molecule has 0 radical (unpaired) electrons. The summed E-state index contributed by atoms with van der Waals surface area (Å²) in [5.74, 6) is -1.09. The number of carbonyl (C=O) groups excluding carboxylic acids is 2. The summed E-state index contributed by atoms with van der Waals surface area (Å²) >= 11 is 1.20. The third-order valence-corrected chi connectivity index (χ3v) is 5.45. The first-order chi connectivity index (χ1) is 15.4. The number of hydrogen-bond acceptors (Lipinski definition) is 5. The van der Waals surface area contributed by atoms with Crippen LogP contribution < -0.4 is 10.2 Å². The number of likely N-dealkylation sites (N-methyl/N-ethyl adjacent to an activating group) is 1. The highest BCUT2D eigenvalue weighted by Gasteiger charge is 2.20. The summed E-state index contributed by atoms with van der Waals surface area (Å²) < 4.78 is 14.2. The zero-order valence-corrected chi connectivity index (χ0v) is 18.8.